The average molecular weight is 154 g/mol. The summed E-state index contributed by atoms with van der Waals surface area (Å²) in [7, 11) is 0. The van der Waals surface area contributed by atoms with Crippen LogP contribution in [-0.2, 0) is 4.79 Å². The van der Waals surface area contributed by atoms with Gasteiger partial charge in [0.2, 0.25) is 5.91 Å². The topological polar surface area (TPSA) is 40.5 Å². The molecule has 3 nitrogen and oxygen atoms in total. The van der Waals surface area contributed by atoms with Crippen LogP contribution in [0.25, 0.3) is 0 Å². The van der Waals surface area contributed by atoms with Gasteiger partial charge in [0.25, 0.3) is 0 Å². The maximum atomic E-state index is 11.0. The van der Waals surface area contributed by atoms with E-state index in [2.05, 4.69) is 6.58 Å². The molecule has 1 saturated heterocycles. The van der Waals surface area contributed by atoms with Crippen LogP contribution in [0.2, 0.25) is 0 Å². The normalized spacial score (nSPS) is 24.8. The molecule has 0 spiro atoms. The molecule has 1 atom stereocenters. The Hall–Kier alpha value is -0.830. The fourth-order valence-electron chi connectivity index (χ4n) is 1.14. The van der Waals surface area contributed by atoms with Crippen molar-refractivity contribution in [1.29, 1.82) is 0 Å². The van der Waals surface area contributed by atoms with Gasteiger partial charge >= 0.3 is 0 Å². The van der Waals surface area contributed by atoms with Gasteiger partial charge in [-0.1, -0.05) is 6.58 Å². The van der Waals surface area contributed by atoms with Crippen molar-refractivity contribution in [2.75, 3.05) is 13.1 Å². The van der Waals surface area contributed by atoms with Crippen LogP contribution >= 0.6 is 0 Å². The van der Waals surface area contributed by atoms with Crippen molar-refractivity contribution in [3.05, 3.63) is 19.1 Å². The van der Waals surface area contributed by atoms with Gasteiger partial charge in [0, 0.05) is 13.1 Å². The summed E-state index contributed by atoms with van der Waals surface area (Å²) in [6, 6.07) is 0. The zero-order valence-corrected chi connectivity index (χ0v) is 6.36. The summed E-state index contributed by atoms with van der Waals surface area (Å²) in [4.78, 5) is 12.6. The van der Waals surface area contributed by atoms with E-state index in [1.165, 1.54) is 6.08 Å². The van der Waals surface area contributed by atoms with E-state index in [1.54, 1.807) is 4.90 Å². The number of aliphatic hydroxyl groups is 1. The summed E-state index contributed by atoms with van der Waals surface area (Å²) in [5, 5.41) is 9.16. The Balaban J connectivity index is 2.45. The lowest BCUT2D eigenvalue weighted by Crippen LogP contribution is -2.41. The van der Waals surface area contributed by atoms with E-state index < -0.39 is 6.10 Å². The van der Waals surface area contributed by atoms with Crippen molar-refractivity contribution in [3.63, 3.8) is 0 Å². The van der Waals surface area contributed by atoms with E-state index in [0.29, 0.717) is 19.5 Å². The lowest BCUT2D eigenvalue weighted by molar-refractivity contribution is -0.127. The number of aliphatic hydroxyl groups excluding tert-OH is 1. The fourth-order valence-corrected chi connectivity index (χ4v) is 1.14. The van der Waals surface area contributed by atoms with E-state index in [0.717, 1.165) is 0 Å². The molecule has 1 fully saturated rings. The van der Waals surface area contributed by atoms with Gasteiger partial charge < -0.3 is 10.0 Å². The first-order chi connectivity index (χ1) is 5.24. The first kappa shape index (κ1) is 8.27. The number of hydrogen-bond donors (Lipinski definition) is 1. The summed E-state index contributed by atoms with van der Waals surface area (Å²) in [5.74, 6) is -0.111. The van der Waals surface area contributed by atoms with E-state index in [1.807, 2.05) is 6.42 Å². The van der Waals surface area contributed by atoms with Crippen LogP contribution in [0, 0.1) is 6.42 Å². The number of hydrogen-bond acceptors (Lipinski definition) is 2. The fraction of sp³-hybridized carbons (Fsp3) is 0.500. The molecule has 0 bridgehead atoms. The van der Waals surface area contributed by atoms with Crippen molar-refractivity contribution in [3.8, 4) is 0 Å². The van der Waals surface area contributed by atoms with Crippen LogP contribution in [0.4, 0.5) is 0 Å². The molecule has 11 heavy (non-hydrogen) atoms. The number of nitrogens with zero attached hydrogens (tertiary/aromatic N) is 1. The Bertz CT molecular complexity index is 167. The quantitative estimate of drug-likeness (QED) is 0.539. The molecule has 1 amide bonds. The van der Waals surface area contributed by atoms with E-state index >= 15 is 0 Å². The minimum atomic E-state index is -0.396. The second-order valence-electron chi connectivity index (χ2n) is 2.63. The Morgan fingerprint density at radius 1 is 1.82 bits per heavy atom. The standard InChI is InChI=1S/C8H12NO2/c1-2-8(11)9-5-3-4-7(10)6-9/h2-3,7,10H,1,4-6H2. The summed E-state index contributed by atoms with van der Waals surface area (Å²) in [6.07, 6.45) is 3.45. The first-order valence-electron chi connectivity index (χ1n) is 3.65. The molecule has 0 aliphatic carbocycles. The van der Waals surface area contributed by atoms with Gasteiger partial charge in [-0.25, -0.2) is 0 Å². The molecule has 1 rings (SSSR count). The molecule has 0 saturated carbocycles. The van der Waals surface area contributed by atoms with Crippen LogP contribution in [0.1, 0.15) is 6.42 Å². The van der Waals surface area contributed by atoms with Gasteiger partial charge in [0.05, 0.1) is 6.10 Å². The molecule has 1 heterocycles. The summed E-state index contributed by atoms with van der Waals surface area (Å²) in [6.45, 7) is 4.43. The van der Waals surface area contributed by atoms with Crippen molar-refractivity contribution in [2.45, 2.75) is 12.5 Å². The average Bonchev–Trinajstić information content (AvgIpc) is 2.03. The van der Waals surface area contributed by atoms with Crippen LogP contribution in [-0.4, -0.2) is 35.1 Å². The second-order valence-corrected chi connectivity index (χ2v) is 2.63. The highest BCUT2D eigenvalue weighted by atomic mass is 16.3. The Morgan fingerprint density at radius 2 is 2.55 bits per heavy atom. The summed E-state index contributed by atoms with van der Waals surface area (Å²) >= 11 is 0. The van der Waals surface area contributed by atoms with Crippen molar-refractivity contribution in [1.82, 2.24) is 4.90 Å². The van der Waals surface area contributed by atoms with E-state index in [9.17, 15) is 4.79 Å². The third kappa shape index (κ3) is 2.05. The number of rotatable bonds is 1. The Morgan fingerprint density at radius 3 is 3.09 bits per heavy atom. The van der Waals surface area contributed by atoms with Crippen LogP contribution in [0.15, 0.2) is 12.7 Å². The molecular formula is C8H12NO2. The van der Waals surface area contributed by atoms with Gasteiger partial charge in [0.1, 0.15) is 0 Å². The highest BCUT2D eigenvalue weighted by Crippen LogP contribution is 2.08. The second kappa shape index (κ2) is 3.53. The highest BCUT2D eigenvalue weighted by Gasteiger charge is 2.19. The minimum absolute atomic E-state index is 0.111. The monoisotopic (exact) mass is 154 g/mol. The highest BCUT2D eigenvalue weighted by molar-refractivity contribution is 5.87. The SMILES string of the molecule is C=CC(=O)N1C[CH]CC(O)C1. The van der Waals surface area contributed by atoms with Gasteiger partial charge in [0.15, 0.2) is 0 Å². The predicted molar refractivity (Wildman–Crippen MR) is 41.7 cm³/mol. The molecule has 0 aromatic rings. The largest absolute Gasteiger partial charge is 0.391 e. The number of carbonyl (C=O) groups excluding carboxylic acids is 1. The minimum Gasteiger partial charge on any atom is -0.391 e. The number of carbonyl (C=O) groups is 1. The summed E-state index contributed by atoms with van der Waals surface area (Å²) < 4.78 is 0. The molecule has 1 radical (unpaired) electrons. The van der Waals surface area contributed by atoms with Gasteiger partial charge in [-0.05, 0) is 18.9 Å². The van der Waals surface area contributed by atoms with Crippen LogP contribution in [0.3, 0.4) is 0 Å². The Kier molecular flexibility index (Phi) is 2.65. The molecule has 0 aromatic carbocycles. The molecule has 1 aliphatic rings. The number of likely N-dealkylation sites (tertiary alicyclic amines) is 1. The zero-order chi connectivity index (χ0) is 8.27. The van der Waals surface area contributed by atoms with Gasteiger partial charge in [-0.3, -0.25) is 4.79 Å². The third-order valence-corrected chi connectivity index (χ3v) is 1.71. The maximum absolute atomic E-state index is 11.0. The number of piperidine rings is 1. The molecule has 0 aromatic heterocycles. The lowest BCUT2D eigenvalue weighted by atomic mass is 10.1. The summed E-state index contributed by atoms with van der Waals surface area (Å²) in [5.41, 5.74) is 0. The molecule has 1 aliphatic heterocycles. The molecule has 1 unspecified atom stereocenters. The van der Waals surface area contributed by atoms with E-state index in [4.69, 9.17) is 5.11 Å². The van der Waals surface area contributed by atoms with Gasteiger partial charge in [-0.2, -0.15) is 0 Å². The molecule has 1 N–H and O–H groups in total. The Labute approximate surface area is 66.3 Å². The smallest absolute Gasteiger partial charge is 0.246 e. The molecule has 3 heteroatoms. The molecule has 61 valence electrons. The van der Waals surface area contributed by atoms with Crippen molar-refractivity contribution >= 4 is 5.91 Å². The van der Waals surface area contributed by atoms with Gasteiger partial charge in [-0.15, -0.1) is 0 Å². The third-order valence-electron chi connectivity index (χ3n) is 1.71. The predicted octanol–water partition coefficient (Wildman–Crippen LogP) is -0.0301. The maximum Gasteiger partial charge on any atom is 0.246 e. The number of amides is 1. The van der Waals surface area contributed by atoms with E-state index in [-0.39, 0.29) is 5.91 Å². The van der Waals surface area contributed by atoms with Crippen LogP contribution in [0.5, 0.6) is 0 Å². The van der Waals surface area contributed by atoms with Crippen molar-refractivity contribution in [2.24, 2.45) is 0 Å². The molecular weight excluding hydrogens is 142 g/mol. The number of β-amino-alcohol motifs (C(OH)–C–C–N with tert-alkyl or cyclic N) is 1. The first-order valence-corrected chi connectivity index (χ1v) is 3.65. The lowest BCUT2D eigenvalue weighted by Gasteiger charge is -2.28. The van der Waals surface area contributed by atoms with Crippen molar-refractivity contribution < 1.29 is 9.90 Å². The van der Waals surface area contributed by atoms with Crippen LogP contribution < -0.4 is 0 Å². The zero-order valence-electron chi connectivity index (χ0n) is 6.36.